The zero-order valence-corrected chi connectivity index (χ0v) is 20.6. The Labute approximate surface area is 199 Å². The van der Waals surface area contributed by atoms with E-state index >= 15 is 0 Å². The van der Waals surface area contributed by atoms with Gasteiger partial charge in [-0.1, -0.05) is 24.3 Å². The molecule has 3 aliphatic heterocycles. The average Bonchev–Trinajstić information content (AvgIpc) is 2.84. The largest absolute Gasteiger partial charge is 0.487 e. The number of piperazine rings is 1. The van der Waals surface area contributed by atoms with Crippen molar-refractivity contribution < 1.29 is 8.95 Å². The third-order valence-corrected chi connectivity index (χ3v) is 8.55. The summed E-state index contributed by atoms with van der Waals surface area (Å²) >= 11 is 0. The fourth-order valence-corrected chi connectivity index (χ4v) is 5.97. The molecule has 1 spiro atoms. The standard InChI is InChI=1S/C26H34N4O2S/c1-20-4-7-25-22(18-20)8-9-26(32-25)10-12-28(13-11-26)21(2)24-6-5-23(19-27-24)29-14-16-30(17-15-29)33(3)31/h4-7,18-19H,2,8-17H2,1,3H3. The van der Waals surface area contributed by atoms with Crippen LogP contribution >= 0.6 is 0 Å². The molecule has 0 bridgehead atoms. The number of rotatable bonds is 4. The summed E-state index contributed by atoms with van der Waals surface area (Å²) in [6.07, 6.45) is 7.92. The van der Waals surface area contributed by atoms with Crippen molar-refractivity contribution in [3.8, 4) is 5.75 Å². The molecular formula is C26H34N4O2S. The molecule has 0 N–H and O–H groups in total. The highest BCUT2D eigenvalue weighted by Crippen LogP contribution is 2.40. The molecule has 33 heavy (non-hydrogen) atoms. The molecule has 0 saturated carbocycles. The minimum atomic E-state index is -0.887. The lowest BCUT2D eigenvalue weighted by atomic mass is 9.82. The van der Waals surface area contributed by atoms with Crippen molar-refractivity contribution in [1.82, 2.24) is 14.2 Å². The first kappa shape index (κ1) is 22.4. The lowest BCUT2D eigenvalue weighted by Crippen LogP contribution is -2.49. The van der Waals surface area contributed by atoms with Gasteiger partial charge in [0, 0.05) is 58.4 Å². The maximum atomic E-state index is 11.7. The van der Waals surface area contributed by atoms with Gasteiger partial charge in [0.2, 0.25) is 0 Å². The number of likely N-dealkylation sites (tertiary alicyclic amines) is 1. The van der Waals surface area contributed by atoms with E-state index in [0.717, 1.165) is 87.8 Å². The topological polar surface area (TPSA) is 48.9 Å². The lowest BCUT2D eigenvalue weighted by molar-refractivity contribution is -0.00250. The van der Waals surface area contributed by atoms with E-state index in [2.05, 4.69) is 53.6 Å². The van der Waals surface area contributed by atoms with Crippen LogP contribution in [0.2, 0.25) is 0 Å². The third-order valence-electron chi connectivity index (χ3n) is 7.46. The van der Waals surface area contributed by atoms with E-state index in [-0.39, 0.29) is 5.60 Å². The predicted molar refractivity (Wildman–Crippen MR) is 135 cm³/mol. The van der Waals surface area contributed by atoms with E-state index in [9.17, 15) is 4.21 Å². The van der Waals surface area contributed by atoms with Crippen LogP contribution in [0.1, 0.15) is 36.1 Å². The number of nitrogens with zero attached hydrogens (tertiary/aromatic N) is 4. The smallest absolute Gasteiger partial charge is 0.123 e. The van der Waals surface area contributed by atoms with E-state index < -0.39 is 11.0 Å². The molecular weight excluding hydrogens is 432 g/mol. The zero-order valence-electron chi connectivity index (χ0n) is 19.8. The first-order valence-corrected chi connectivity index (χ1v) is 13.5. The van der Waals surface area contributed by atoms with E-state index in [4.69, 9.17) is 9.72 Å². The summed E-state index contributed by atoms with van der Waals surface area (Å²) in [6.45, 7) is 11.8. The van der Waals surface area contributed by atoms with Crippen LogP contribution in [0.25, 0.3) is 5.70 Å². The molecule has 0 amide bonds. The van der Waals surface area contributed by atoms with Gasteiger partial charge in [-0.3, -0.25) is 4.98 Å². The molecule has 0 radical (unpaired) electrons. The first-order chi connectivity index (χ1) is 15.9. The van der Waals surface area contributed by atoms with Crippen LogP contribution in [0.5, 0.6) is 5.75 Å². The molecule has 4 heterocycles. The van der Waals surface area contributed by atoms with Gasteiger partial charge in [-0.25, -0.2) is 8.51 Å². The molecule has 3 aliphatic rings. The number of benzene rings is 1. The normalized spacial score (nSPS) is 21.4. The van der Waals surface area contributed by atoms with Crippen molar-refractivity contribution in [1.29, 1.82) is 0 Å². The Morgan fingerprint density at radius 3 is 2.48 bits per heavy atom. The Morgan fingerprint density at radius 2 is 1.82 bits per heavy atom. The molecule has 0 aliphatic carbocycles. The number of piperidine rings is 1. The van der Waals surface area contributed by atoms with Crippen LogP contribution in [0.15, 0.2) is 43.1 Å². The summed E-state index contributed by atoms with van der Waals surface area (Å²) in [4.78, 5) is 9.41. The second-order valence-corrected chi connectivity index (χ2v) is 10.9. The third kappa shape index (κ3) is 4.66. The van der Waals surface area contributed by atoms with Gasteiger partial charge < -0.3 is 14.5 Å². The molecule has 176 valence electrons. The Hall–Kier alpha value is -2.38. The summed E-state index contributed by atoms with van der Waals surface area (Å²) in [5, 5.41) is 0. The monoisotopic (exact) mass is 466 g/mol. The Bertz CT molecular complexity index is 1040. The van der Waals surface area contributed by atoms with Crippen molar-refractivity contribution in [2.45, 2.75) is 38.2 Å². The second kappa shape index (κ2) is 9.11. The summed E-state index contributed by atoms with van der Waals surface area (Å²) in [5.74, 6) is 1.07. The Balaban J connectivity index is 1.18. The average molecular weight is 467 g/mol. The molecule has 1 atom stereocenters. The molecule has 2 fully saturated rings. The van der Waals surface area contributed by atoms with Gasteiger partial charge in [-0.15, -0.1) is 0 Å². The van der Waals surface area contributed by atoms with Gasteiger partial charge in [0.25, 0.3) is 0 Å². The van der Waals surface area contributed by atoms with Crippen molar-refractivity contribution >= 4 is 22.4 Å². The van der Waals surface area contributed by atoms with E-state index in [1.807, 2.05) is 10.5 Å². The number of ether oxygens (including phenoxy) is 1. The molecule has 2 saturated heterocycles. The summed E-state index contributed by atoms with van der Waals surface area (Å²) in [6, 6.07) is 10.8. The van der Waals surface area contributed by atoms with Crippen molar-refractivity contribution in [3.63, 3.8) is 0 Å². The van der Waals surface area contributed by atoms with Crippen LogP contribution in [-0.4, -0.2) is 69.5 Å². The fraction of sp³-hybridized carbons (Fsp3) is 0.500. The number of pyridine rings is 1. The summed E-state index contributed by atoms with van der Waals surface area (Å²) in [7, 11) is -0.887. The van der Waals surface area contributed by atoms with Gasteiger partial charge in [0.1, 0.15) is 11.4 Å². The molecule has 1 aromatic heterocycles. The van der Waals surface area contributed by atoms with Gasteiger partial charge in [-0.2, -0.15) is 0 Å². The van der Waals surface area contributed by atoms with Gasteiger partial charge >= 0.3 is 0 Å². The quantitative estimate of drug-likeness (QED) is 0.689. The van der Waals surface area contributed by atoms with Crippen LogP contribution in [0.3, 0.4) is 0 Å². The van der Waals surface area contributed by atoms with Crippen LogP contribution in [0, 0.1) is 6.92 Å². The predicted octanol–water partition coefficient (Wildman–Crippen LogP) is 3.64. The highest BCUT2D eigenvalue weighted by molar-refractivity contribution is 7.81. The van der Waals surface area contributed by atoms with Crippen molar-refractivity contribution in [3.05, 3.63) is 59.9 Å². The maximum Gasteiger partial charge on any atom is 0.123 e. The van der Waals surface area contributed by atoms with E-state index in [1.165, 1.54) is 11.1 Å². The molecule has 5 rings (SSSR count). The van der Waals surface area contributed by atoms with Crippen molar-refractivity contribution in [2.24, 2.45) is 0 Å². The Morgan fingerprint density at radius 1 is 1.06 bits per heavy atom. The highest BCUT2D eigenvalue weighted by Gasteiger charge is 2.39. The van der Waals surface area contributed by atoms with Crippen LogP contribution < -0.4 is 9.64 Å². The minimum Gasteiger partial charge on any atom is -0.487 e. The number of hydrogen-bond acceptors (Lipinski definition) is 5. The van der Waals surface area contributed by atoms with Crippen LogP contribution in [-0.2, 0) is 17.4 Å². The Kier molecular flexibility index (Phi) is 6.18. The SMILES string of the molecule is C=C(c1ccc(N2CCN(S(C)=O)CC2)cn1)N1CCC2(CCc3cc(C)ccc3O2)CC1. The first-order valence-electron chi connectivity index (χ1n) is 11.9. The lowest BCUT2D eigenvalue weighted by Gasteiger charge is -2.45. The molecule has 7 heteroatoms. The zero-order chi connectivity index (χ0) is 23.0. The second-order valence-electron chi connectivity index (χ2n) is 9.57. The van der Waals surface area contributed by atoms with Crippen LogP contribution in [0.4, 0.5) is 5.69 Å². The number of anilines is 1. The number of aromatic nitrogens is 1. The molecule has 1 aromatic carbocycles. The number of hydrogen-bond donors (Lipinski definition) is 0. The fourth-order valence-electron chi connectivity index (χ4n) is 5.30. The van der Waals surface area contributed by atoms with E-state index in [0.29, 0.717) is 0 Å². The minimum absolute atomic E-state index is 0.0410. The van der Waals surface area contributed by atoms with E-state index in [1.54, 1.807) is 6.26 Å². The molecule has 2 aromatic rings. The molecule has 6 nitrogen and oxygen atoms in total. The maximum absolute atomic E-state index is 11.7. The van der Waals surface area contributed by atoms with Gasteiger partial charge in [0.05, 0.1) is 34.3 Å². The summed E-state index contributed by atoms with van der Waals surface area (Å²) in [5.41, 5.74) is 5.66. The summed E-state index contributed by atoms with van der Waals surface area (Å²) < 4.78 is 20.2. The van der Waals surface area contributed by atoms with Gasteiger partial charge in [-0.05, 0) is 43.5 Å². The number of aryl methyl sites for hydroxylation is 2. The molecule has 1 unspecified atom stereocenters. The van der Waals surface area contributed by atoms with Crippen molar-refractivity contribution in [2.75, 3.05) is 50.4 Å². The number of fused-ring (bicyclic) bond motifs is 1. The van der Waals surface area contributed by atoms with Gasteiger partial charge in [0.15, 0.2) is 0 Å². The highest BCUT2D eigenvalue weighted by atomic mass is 32.2.